The molecular weight excluding hydrogens is 208 g/mol. The second-order valence-electron chi connectivity index (χ2n) is 7.20. The van der Waals surface area contributed by atoms with E-state index in [9.17, 15) is 4.79 Å². The van der Waals surface area contributed by atoms with Gasteiger partial charge in [0.15, 0.2) is 0 Å². The van der Waals surface area contributed by atoms with Crippen molar-refractivity contribution < 1.29 is 4.79 Å². The average Bonchev–Trinajstić information content (AvgIpc) is 2.25. The van der Waals surface area contributed by atoms with Crippen LogP contribution in [0.2, 0.25) is 0 Å². The number of allylic oxidation sites excluding steroid dienone is 2. The number of carbonyl (C=O) groups is 1. The average molecular weight is 232 g/mol. The van der Waals surface area contributed by atoms with Crippen LogP contribution in [0.15, 0.2) is 11.1 Å². The summed E-state index contributed by atoms with van der Waals surface area (Å²) in [4.78, 5) is 12.3. The number of hydrogen-bond donors (Lipinski definition) is 0. The van der Waals surface area contributed by atoms with Crippen LogP contribution in [0.5, 0.6) is 0 Å². The summed E-state index contributed by atoms with van der Waals surface area (Å²) in [5.41, 5.74) is 3.67. The fraction of sp³-hybridized carbons (Fsp3) is 0.812. The van der Waals surface area contributed by atoms with Crippen molar-refractivity contribution in [2.45, 2.75) is 65.2 Å². The topological polar surface area (TPSA) is 17.1 Å². The Hall–Kier alpha value is -0.590. The highest BCUT2D eigenvalue weighted by atomic mass is 16.1. The summed E-state index contributed by atoms with van der Waals surface area (Å²) in [5, 5.41) is 0. The normalized spacial score (nSPS) is 36.5. The standard InChI is InChI=1S/C16H24O/c1-16(2)9-13-7-11-5-3-4-6-12(11)8-14(13)15(17)10-16/h13-14H,3-10H2,1-2H3. The van der Waals surface area contributed by atoms with E-state index < -0.39 is 0 Å². The second kappa shape index (κ2) is 3.96. The van der Waals surface area contributed by atoms with Gasteiger partial charge in [0, 0.05) is 12.3 Å². The first-order valence-corrected chi connectivity index (χ1v) is 7.28. The Morgan fingerprint density at radius 3 is 2.41 bits per heavy atom. The van der Waals surface area contributed by atoms with Crippen molar-refractivity contribution in [3.05, 3.63) is 11.1 Å². The Balaban J connectivity index is 1.85. The fourth-order valence-corrected chi connectivity index (χ4v) is 4.39. The summed E-state index contributed by atoms with van der Waals surface area (Å²) in [5.74, 6) is 1.62. The highest BCUT2D eigenvalue weighted by molar-refractivity contribution is 5.83. The molecule has 0 heterocycles. The van der Waals surface area contributed by atoms with Crippen LogP contribution in [0.25, 0.3) is 0 Å². The van der Waals surface area contributed by atoms with Crippen molar-refractivity contribution in [2.24, 2.45) is 17.3 Å². The predicted molar refractivity (Wildman–Crippen MR) is 69.7 cm³/mol. The van der Waals surface area contributed by atoms with E-state index in [1.54, 1.807) is 11.1 Å². The van der Waals surface area contributed by atoms with Gasteiger partial charge in [0.25, 0.3) is 0 Å². The van der Waals surface area contributed by atoms with E-state index in [0.717, 1.165) is 12.8 Å². The van der Waals surface area contributed by atoms with Gasteiger partial charge in [-0.25, -0.2) is 0 Å². The molecule has 94 valence electrons. The molecule has 3 aliphatic rings. The maximum absolute atomic E-state index is 12.3. The highest BCUT2D eigenvalue weighted by Gasteiger charge is 2.43. The lowest BCUT2D eigenvalue weighted by molar-refractivity contribution is -0.131. The lowest BCUT2D eigenvalue weighted by Gasteiger charge is -2.44. The van der Waals surface area contributed by atoms with Crippen molar-refractivity contribution in [2.75, 3.05) is 0 Å². The van der Waals surface area contributed by atoms with Crippen molar-refractivity contribution in [3.8, 4) is 0 Å². The van der Waals surface area contributed by atoms with E-state index in [1.807, 2.05) is 0 Å². The maximum atomic E-state index is 12.3. The molecule has 1 nitrogen and oxygen atoms in total. The summed E-state index contributed by atoms with van der Waals surface area (Å²) in [6, 6.07) is 0. The van der Waals surface area contributed by atoms with E-state index in [1.165, 1.54) is 38.5 Å². The quantitative estimate of drug-likeness (QED) is 0.570. The van der Waals surface area contributed by atoms with Crippen LogP contribution < -0.4 is 0 Å². The van der Waals surface area contributed by atoms with Gasteiger partial charge in [-0.1, -0.05) is 25.0 Å². The van der Waals surface area contributed by atoms with Gasteiger partial charge >= 0.3 is 0 Å². The number of ketones is 1. The summed E-state index contributed by atoms with van der Waals surface area (Å²) < 4.78 is 0. The molecule has 0 saturated heterocycles. The Bertz CT molecular complexity index is 375. The van der Waals surface area contributed by atoms with Crippen LogP contribution in [-0.2, 0) is 4.79 Å². The number of hydrogen-bond acceptors (Lipinski definition) is 1. The molecule has 3 rings (SSSR count). The van der Waals surface area contributed by atoms with Gasteiger partial charge in [-0.3, -0.25) is 4.79 Å². The van der Waals surface area contributed by atoms with E-state index >= 15 is 0 Å². The molecule has 0 aliphatic heterocycles. The third-order valence-corrected chi connectivity index (χ3v) is 5.13. The molecule has 0 aromatic carbocycles. The number of rotatable bonds is 0. The molecule has 1 fully saturated rings. The smallest absolute Gasteiger partial charge is 0.137 e. The molecular formula is C16H24O. The van der Waals surface area contributed by atoms with Gasteiger partial charge in [0.1, 0.15) is 5.78 Å². The first kappa shape index (κ1) is 11.5. The molecule has 17 heavy (non-hydrogen) atoms. The molecule has 2 atom stereocenters. The maximum Gasteiger partial charge on any atom is 0.137 e. The monoisotopic (exact) mass is 232 g/mol. The molecule has 0 spiro atoms. The van der Waals surface area contributed by atoms with Crippen LogP contribution >= 0.6 is 0 Å². The van der Waals surface area contributed by atoms with Gasteiger partial charge in [-0.2, -0.15) is 0 Å². The molecule has 2 unspecified atom stereocenters. The first-order chi connectivity index (χ1) is 8.05. The minimum atomic E-state index is 0.255. The SMILES string of the molecule is CC1(C)CC(=O)C2CC3=C(CCCC3)CC2C1. The summed E-state index contributed by atoms with van der Waals surface area (Å²) in [6.45, 7) is 4.54. The molecule has 0 bridgehead atoms. The Kier molecular flexibility index (Phi) is 2.68. The molecule has 1 saturated carbocycles. The van der Waals surface area contributed by atoms with E-state index in [-0.39, 0.29) is 5.41 Å². The summed E-state index contributed by atoms with van der Waals surface area (Å²) in [7, 11) is 0. The predicted octanol–water partition coefficient (Wildman–Crippen LogP) is 4.27. The van der Waals surface area contributed by atoms with Gasteiger partial charge in [0.05, 0.1) is 0 Å². The number of carbonyl (C=O) groups excluding carboxylic acids is 1. The van der Waals surface area contributed by atoms with Gasteiger partial charge in [0.2, 0.25) is 0 Å². The van der Waals surface area contributed by atoms with Crippen molar-refractivity contribution >= 4 is 5.78 Å². The lowest BCUT2D eigenvalue weighted by Crippen LogP contribution is -2.39. The van der Waals surface area contributed by atoms with Crippen LogP contribution in [0.1, 0.15) is 65.2 Å². The van der Waals surface area contributed by atoms with Crippen LogP contribution in [-0.4, -0.2) is 5.78 Å². The Labute approximate surface area is 105 Å². The van der Waals surface area contributed by atoms with Gasteiger partial charge in [-0.05, 0) is 56.3 Å². The number of Topliss-reactive ketones (excluding diaryl/α,β-unsaturated/α-hetero) is 1. The molecule has 3 aliphatic carbocycles. The molecule has 0 radical (unpaired) electrons. The molecule has 0 N–H and O–H groups in total. The second-order valence-corrected chi connectivity index (χ2v) is 7.20. The minimum Gasteiger partial charge on any atom is -0.299 e. The van der Waals surface area contributed by atoms with Crippen LogP contribution in [0.4, 0.5) is 0 Å². The first-order valence-electron chi connectivity index (χ1n) is 7.28. The molecule has 1 heteroatoms. The van der Waals surface area contributed by atoms with Gasteiger partial charge < -0.3 is 0 Å². The van der Waals surface area contributed by atoms with Crippen molar-refractivity contribution in [3.63, 3.8) is 0 Å². The van der Waals surface area contributed by atoms with E-state index in [0.29, 0.717) is 17.6 Å². The third kappa shape index (κ3) is 2.09. The van der Waals surface area contributed by atoms with Crippen LogP contribution in [0.3, 0.4) is 0 Å². The fourth-order valence-electron chi connectivity index (χ4n) is 4.39. The highest BCUT2D eigenvalue weighted by Crippen LogP contribution is 2.50. The minimum absolute atomic E-state index is 0.255. The summed E-state index contributed by atoms with van der Waals surface area (Å²) in [6.07, 6.45) is 9.80. The zero-order chi connectivity index (χ0) is 12.0. The summed E-state index contributed by atoms with van der Waals surface area (Å²) >= 11 is 0. The zero-order valence-corrected chi connectivity index (χ0v) is 11.2. The third-order valence-electron chi connectivity index (χ3n) is 5.13. The Morgan fingerprint density at radius 2 is 1.71 bits per heavy atom. The van der Waals surface area contributed by atoms with Crippen molar-refractivity contribution in [1.82, 2.24) is 0 Å². The zero-order valence-electron chi connectivity index (χ0n) is 11.2. The van der Waals surface area contributed by atoms with E-state index in [4.69, 9.17) is 0 Å². The number of fused-ring (bicyclic) bond motifs is 1. The van der Waals surface area contributed by atoms with Gasteiger partial charge in [-0.15, -0.1) is 0 Å². The van der Waals surface area contributed by atoms with Crippen LogP contribution in [0, 0.1) is 17.3 Å². The molecule has 0 aromatic rings. The molecule has 0 aromatic heterocycles. The van der Waals surface area contributed by atoms with E-state index in [2.05, 4.69) is 13.8 Å². The largest absolute Gasteiger partial charge is 0.299 e. The Morgan fingerprint density at radius 1 is 1.06 bits per heavy atom. The molecule has 0 amide bonds. The van der Waals surface area contributed by atoms with Crippen molar-refractivity contribution in [1.29, 1.82) is 0 Å². The lowest BCUT2D eigenvalue weighted by atomic mass is 9.60.